The molecule has 0 saturated heterocycles. The average Bonchev–Trinajstić information content (AvgIpc) is 3.20. The standard InChI is InChI=1S/C30H40O3/c1-20(32)26-11-12-28-25-10-9-23-18-24(33)13-16-29(23,2)27(25)14-17-30(26,28)15-3-4-21-5-7-22(19-31)8-6-21/h5-8,18,25-28,31H,3-4,9-17,19H2,1-2H3/t25?,26-,27-,28+,29-,30-/m1/s1. The smallest absolute Gasteiger partial charge is 0.155 e. The number of hydrogen-bond acceptors (Lipinski definition) is 3. The molecular weight excluding hydrogens is 408 g/mol. The summed E-state index contributed by atoms with van der Waals surface area (Å²) in [5.41, 5.74) is 4.11. The molecule has 0 aromatic heterocycles. The number of carbonyl (C=O) groups excluding carboxylic acids is 2. The maximum Gasteiger partial charge on any atom is 0.155 e. The first-order valence-electron chi connectivity index (χ1n) is 13.3. The second-order valence-corrected chi connectivity index (χ2v) is 11.8. The number of aryl methyl sites for hydroxylation is 1. The van der Waals surface area contributed by atoms with Crippen LogP contribution in [0.4, 0.5) is 0 Å². The van der Waals surface area contributed by atoms with Crippen molar-refractivity contribution in [3.05, 3.63) is 47.0 Å². The maximum atomic E-state index is 12.8. The molecular formula is C30H40O3. The second-order valence-electron chi connectivity index (χ2n) is 11.8. The minimum Gasteiger partial charge on any atom is -0.392 e. The van der Waals surface area contributed by atoms with E-state index in [9.17, 15) is 14.7 Å². The Balaban J connectivity index is 1.36. The topological polar surface area (TPSA) is 54.4 Å². The Labute approximate surface area is 199 Å². The van der Waals surface area contributed by atoms with Crippen LogP contribution < -0.4 is 0 Å². The lowest BCUT2D eigenvalue weighted by Gasteiger charge is -2.59. The van der Waals surface area contributed by atoms with Crippen molar-refractivity contribution in [3.8, 4) is 0 Å². The van der Waals surface area contributed by atoms with Gasteiger partial charge in [-0.05, 0) is 117 Å². The summed E-state index contributed by atoms with van der Waals surface area (Å²) in [5, 5.41) is 9.30. The van der Waals surface area contributed by atoms with E-state index < -0.39 is 0 Å². The van der Waals surface area contributed by atoms with Crippen LogP contribution in [0.3, 0.4) is 0 Å². The molecule has 0 amide bonds. The molecule has 0 heterocycles. The third kappa shape index (κ3) is 3.85. The lowest BCUT2D eigenvalue weighted by molar-refractivity contribution is -0.130. The molecule has 1 aromatic rings. The fourth-order valence-electron chi connectivity index (χ4n) is 8.90. The number of aliphatic hydroxyl groups is 1. The van der Waals surface area contributed by atoms with Crippen molar-refractivity contribution in [2.24, 2.45) is 34.5 Å². The van der Waals surface area contributed by atoms with E-state index in [1.807, 2.05) is 25.1 Å². The fourth-order valence-corrected chi connectivity index (χ4v) is 8.90. The van der Waals surface area contributed by atoms with Gasteiger partial charge in [-0.25, -0.2) is 0 Å². The predicted octanol–water partition coefficient (Wildman–Crippen LogP) is 6.22. The molecule has 0 spiro atoms. The van der Waals surface area contributed by atoms with Gasteiger partial charge in [0.25, 0.3) is 0 Å². The molecule has 0 aliphatic heterocycles. The van der Waals surface area contributed by atoms with Crippen LogP contribution in [-0.4, -0.2) is 16.7 Å². The number of allylic oxidation sites excluding steroid dienone is 1. The van der Waals surface area contributed by atoms with Crippen LogP contribution >= 0.6 is 0 Å². The molecule has 5 rings (SSSR count). The van der Waals surface area contributed by atoms with Crippen molar-refractivity contribution in [3.63, 3.8) is 0 Å². The van der Waals surface area contributed by atoms with Crippen molar-refractivity contribution < 1.29 is 14.7 Å². The molecule has 33 heavy (non-hydrogen) atoms. The summed E-state index contributed by atoms with van der Waals surface area (Å²) in [6, 6.07) is 8.35. The number of fused-ring (bicyclic) bond motifs is 5. The number of rotatable bonds is 6. The van der Waals surface area contributed by atoms with Crippen LogP contribution in [0.1, 0.15) is 89.2 Å². The van der Waals surface area contributed by atoms with Crippen LogP contribution in [-0.2, 0) is 22.6 Å². The number of hydrogen-bond donors (Lipinski definition) is 1. The van der Waals surface area contributed by atoms with E-state index in [-0.39, 0.29) is 23.4 Å². The molecule has 1 N–H and O–H groups in total. The lowest BCUT2D eigenvalue weighted by atomic mass is 9.45. The average molecular weight is 449 g/mol. The molecule has 0 bridgehead atoms. The highest BCUT2D eigenvalue weighted by molar-refractivity contribution is 5.91. The molecule has 178 valence electrons. The minimum atomic E-state index is 0.0951. The largest absolute Gasteiger partial charge is 0.392 e. The Kier molecular flexibility index (Phi) is 6.14. The normalized spacial score (nSPS) is 37.7. The van der Waals surface area contributed by atoms with Gasteiger partial charge in [0.2, 0.25) is 0 Å². The SMILES string of the molecule is CC(=O)[C@H]1CC[C@H]2C3CCC4=CC(=O)CC[C@@]4(C)[C@@H]3CC[C@]12CCCc1ccc(CO)cc1. The summed E-state index contributed by atoms with van der Waals surface area (Å²) in [5.74, 6) is 3.03. The molecule has 4 aliphatic carbocycles. The van der Waals surface area contributed by atoms with Crippen molar-refractivity contribution in [2.45, 2.75) is 91.1 Å². The predicted molar refractivity (Wildman–Crippen MR) is 131 cm³/mol. The quantitative estimate of drug-likeness (QED) is 0.562. The first-order valence-corrected chi connectivity index (χ1v) is 13.3. The number of ketones is 2. The summed E-state index contributed by atoms with van der Waals surface area (Å²) >= 11 is 0. The van der Waals surface area contributed by atoms with E-state index in [2.05, 4.69) is 19.1 Å². The number of benzene rings is 1. The van der Waals surface area contributed by atoms with Gasteiger partial charge >= 0.3 is 0 Å². The fraction of sp³-hybridized carbons (Fsp3) is 0.667. The molecule has 4 aliphatic rings. The van der Waals surface area contributed by atoms with Gasteiger partial charge in [-0.3, -0.25) is 9.59 Å². The van der Waals surface area contributed by atoms with Crippen LogP contribution in [0.15, 0.2) is 35.9 Å². The summed E-state index contributed by atoms with van der Waals surface area (Å²) in [6.07, 6.45) is 14.1. The maximum absolute atomic E-state index is 12.8. The van der Waals surface area contributed by atoms with E-state index in [4.69, 9.17) is 0 Å². The van der Waals surface area contributed by atoms with E-state index >= 15 is 0 Å². The van der Waals surface area contributed by atoms with Crippen molar-refractivity contribution >= 4 is 11.6 Å². The van der Waals surface area contributed by atoms with Gasteiger partial charge in [-0.15, -0.1) is 0 Å². The summed E-state index contributed by atoms with van der Waals surface area (Å²) in [6.45, 7) is 4.38. The molecule has 1 unspecified atom stereocenters. The summed E-state index contributed by atoms with van der Waals surface area (Å²) < 4.78 is 0. The van der Waals surface area contributed by atoms with Gasteiger partial charge in [0.1, 0.15) is 5.78 Å². The zero-order chi connectivity index (χ0) is 23.2. The second kappa shape index (κ2) is 8.80. The first kappa shape index (κ1) is 23.0. The Hall–Kier alpha value is -1.74. The minimum absolute atomic E-state index is 0.0951. The highest BCUT2D eigenvalue weighted by Crippen LogP contribution is 2.68. The molecule has 3 saturated carbocycles. The monoisotopic (exact) mass is 448 g/mol. The Morgan fingerprint density at radius 3 is 2.48 bits per heavy atom. The molecule has 3 nitrogen and oxygen atoms in total. The Morgan fingerprint density at radius 2 is 1.76 bits per heavy atom. The number of carbonyl (C=O) groups is 2. The van der Waals surface area contributed by atoms with Crippen LogP contribution in [0, 0.1) is 34.5 Å². The zero-order valence-corrected chi connectivity index (χ0v) is 20.4. The number of Topliss-reactive ketones (excluding diaryl/α,β-unsaturated/α-hetero) is 1. The third-order valence-corrected chi connectivity index (χ3v) is 10.5. The lowest BCUT2D eigenvalue weighted by Crippen LogP contribution is -2.52. The highest BCUT2D eigenvalue weighted by Gasteiger charge is 2.61. The van der Waals surface area contributed by atoms with Crippen LogP contribution in [0.5, 0.6) is 0 Å². The zero-order valence-electron chi connectivity index (χ0n) is 20.4. The van der Waals surface area contributed by atoms with Gasteiger partial charge in [-0.2, -0.15) is 0 Å². The Bertz CT molecular complexity index is 944. The Morgan fingerprint density at radius 1 is 1.00 bits per heavy atom. The van der Waals surface area contributed by atoms with Crippen molar-refractivity contribution in [2.75, 3.05) is 0 Å². The first-order chi connectivity index (χ1) is 15.9. The molecule has 3 fully saturated rings. The third-order valence-electron chi connectivity index (χ3n) is 10.5. The molecule has 0 radical (unpaired) electrons. The van der Waals surface area contributed by atoms with Crippen LogP contribution in [0.2, 0.25) is 0 Å². The van der Waals surface area contributed by atoms with E-state index in [0.717, 1.165) is 44.1 Å². The van der Waals surface area contributed by atoms with Gasteiger partial charge in [0.15, 0.2) is 5.78 Å². The van der Waals surface area contributed by atoms with E-state index in [1.54, 1.807) is 0 Å². The van der Waals surface area contributed by atoms with Gasteiger partial charge in [0, 0.05) is 12.3 Å². The molecule has 1 aromatic carbocycles. The highest BCUT2D eigenvalue weighted by atomic mass is 16.3. The summed E-state index contributed by atoms with van der Waals surface area (Å²) in [7, 11) is 0. The van der Waals surface area contributed by atoms with E-state index in [1.165, 1.54) is 36.8 Å². The molecule has 6 atom stereocenters. The van der Waals surface area contributed by atoms with Crippen molar-refractivity contribution in [1.82, 2.24) is 0 Å². The van der Waals surface area contributed by atoms with Gasteiger partial charge < -0.3 is 5.11 Å². The van der Waals surface area contributed by atoms with Crippen molar-refractivity contribution in [1.29, 1.82) is 0 Å². The van der Waals surface area contributed by atoms with Crippen LogP contribution in [0.25, 0.3) is 0 Å². The number of aliphatic hydroxyl groups excluding tert-OH is 1. The van der Waals surface area contributed by atoms with E-state index in [0.29, 0.717) is 35.7 Å². The molecule has 3 heteroatoms. The van der Waals surface area contributed by atoms with Gasteiger partial charge in [-0.1, -0.05) is 36.8 Å². The summed E-state index contributed by atoms with van der Waals surface area (Å²) in [4.78, 5) is 24.9. The van der Waals surface area contributed by atoms with Gasteiger partial charge in [0.05, 0.1) is 6.61 Å².